The van der Waals surface area contributed by atoms with Gasteiger partial charge in [-0.05, 0) is 6.42 Å². The second-order valence-corrected chi connectivity index (χ2v) is 4.88. The molecule has 2 unspecified atom stereocenters. The van der Waals surface area contributed by atoms with E-state index >= 15 is 0 Å². The third-order valence-electron chi connectivity index (χ3n) is 1.41. The number of hydrogen-bond acceptors (Lipinski definition) is 2. The zero-order chi connectivity index (χ0) is 8.69. The van der Waals surface area contributed by atoms with Crippen LogP contribution in [0, 0.1) is 0 Å². The van der Waals surface area contributed by atoms with E-state index in [9.17, 15) is 0 Å². The molecule has 3 heteroatoms. The van der Waals surface area contributed by atoms with Crippen molar-refractivity contribution in [3.8, 4) is 0 Å². The Bertz CT molecular complexity index is 90.2. The molecule has 0 aromatic heterocycles. The van der Waals surface area contributed by atoms with Crippen molar-refractivity contribution in [2.24, 2.45) is 0 Å². The van der Waals surface area contributed by atoms with Crippen molar-refractivity contribution in [3.63, 3.8) is 0 Å². The van der Waals surface area contributed by atoms with Crippen LogP contribution in [0.2, 0.25) is 0 Å². The van der Waals surface area contributed by atoms with E-state index in [0.717, 1.165) is 18.9 Å². The van der Waals surface area contributed by atoms with Gasteiger partial charge in [0.05, 0.1) is 0 Å². The Morgan fingerprint density at radius 3 is 2.45 bits per heavy atom. The molecular weight excluding hydrogens is 180 g/mol. The van der Waals surface area contributed by atoms with Crippen LogP contribution in [0.3, 0.4) is 0 Å². The number of methoxy groups -OCH3 is 1. The fraction of sp³-hybridized carbons (Fsp3) is 1.00. The summed E-state index contributed by atoms with van der Waals surface area (Å²) >= 11 is 7.61. The molecule has 0 N–H and O–H groups in total. The number of halogens is 1. The lowest BCUT2D eigenvalue weighted by atomic mass is 10.3. The fourth-order valence-corrected chi connectivity index (χ4v) is 2.10. The minimum atomic E-state index is 0.559. The molecule has 0 aliphatic carbocycles. The first kappa shape index (κ1) is 11.6. The molecule has 11 heavy (non-hydrogen) atoms. The highest BCUT2D eigenvalue weighted by atomic mass is 35.5. The topological polar surface area (TPSA) is 9.23 Å². The quantitative estimate of drug-likeness (QED) is 0.605. The Hall–Kier alpha value is 0.600. The van der Waals surface area contributed by atoms with Crippen LogP contribution in [0.25, 0.3) is 0 Å². The molecule has 0 saturated heterocycles. The predicted molar refractivity (Wildman–Crippen MR) is 53.7 cm³/mol. The molecule has 0 amide bonds. The Kier molecular flexibility index (Phi) is 7.66. The fourth-order valence-electron chi connectivity index (χ4n) is 0.785. The van der Waals surface area contributed by atoms with Gasteiger partial charge in [-0.25, -0.2) is 0 Å². The Labute approximate surface area is 78.8 Å². The predicted octanol–water partition coefficient (Wildman–Crippen LogP) is 2.77. The van der Waals surface area contributed by atoms with E-state index in [1.807, 2.05) is 11.8 Å². The summed E-state index contributed by atoms with van der Waals surface area (Å²) in [5.41, 5.74) is 0. The standard InChI is InChI=1S/C8H17ClOS/c1-7(4-5-10-3)11-8(2)6-9/h7-8H,4-6H2,1-3H3. The van der Waals surface area contributed by atoms with Crippen molar-refractivity contribution in [1.82, 2.24) is 0 Å². The lowest BCUT2D eigenvalue weighted by Gasteiger charge is -2.14. The van der Waals surface area contributed by atoms with Gasteiger partial charge in [0.1, 0.15) is 0 Å². The lowest BCUT2D eigenvalue weighted by molar-refractivity contribution is 0.195. The van der Waals surface area contributed by atoms with Gasteiger partial charge in [-0.1, -0.05) is 13.8 Å². The number of hydrogen-bond donors (Lipinski definition) is 0. The summed E-state index contributed by atoms with van der Waals surface area (Å²) < 4.78 is 4.98. The zero-order valence-electron chi connectivity index (χ0n) is 7.47. The average molecular weight is 197 g/mol. The highest BCUT2D eigenvalue weighted by molar-refractivity contribution is 8.00. The van der Waals surface area contributed by atoms with Crippen LogP contribution in [0.4, 0.5) is 0 Å². The summed E-state index contributed by atoms with van der Waals surface area (Å²) in [6.45, 7) is 5.22. The summed E-state index contributed by atoms with van der Waals surface area (Å²) in [5, 5.41) is 1.22. The first-order chi connectivity index (χ1) is 5.20. The number of thioether (sulfide) groups is 1. The first-order valence-corrected chi connectivity index (χ1v) is 5.38. The highest BCUT2D eigenvalue weighted by Gasteiger charge is 2.07. The van der Waals surface area contributed by atoms with Gasteiger partial charge in [-0.2, -0.15) is 11.8 Å². The van der Waals surface area contributed by atoms with Crippen molar-refractivity contribution < 1.29 is 4.74 Å². The largest absolute Gasteiger partial charge is 0.385 e. The molecule has 2 atom stereocenters. The Balaban J connectivity index is 3.27. The van der Waals surface area contributed by atoms with Crippen LogP contribution in [0.15, 0.2) is 0 Å². The van der Waals surface area contributed by atoms with Crippen molar-refractivity contribution >= 4 is 23.4 Å². The van der Waals surface area contributed by atoms with Crippen molar-refractivity contribution in [2.75, 3.05) is 19.6 Å². The van der Waals surface area contributed by atoms with E-state index in [1.165, 1.54) is 0 Å². The maximum Gasteiger partial charge on any atom is 0.0472 e. The van der Waals surface area contributed by atoms with Crippen LogP contribution in [-0.2, 0) is 4.74 Å². The van der Waals surface area contributed by atoms with E-state index in [-0.39, 0.29) is 0 Å². The molecule has 1 nitrogen and oxygen atoms in total. The molecule has 0 saturated carbocycles. The van der Waals surface area contributed by atoms with Crippen molar-refractivity contribution in [1.29, 1.82) is 0 Å². The van der Waals surface area contributed by atoms with Crippen LogP contribution < -0.4 is 0 Å². The van der Waals surface area contributed by atoms with Gasteiger partial charge in [0.15, 0.2) is 0 Å². The Morgan fingerprint density at radius 2 is 2.00 bits per heavy atom. The SMILES string of the molecule is COCCC(C)SC(C)CCl. The molecule has 0 fully saturated rings. The zero-order valence-corrected chi connectivity index (χ0v) is 9.04. The van der Waals surface area contributed by atoms with Gasteiger partial charge in [-0.3, -0.25) is 0 Å². The number of alkyl halides is 1. The van der Waals surface area contributed by atoms with Crippen LogP contribution >= 0.6 is 23.4 Å². The van der Waals surface area contributed by atoms with Crippen molar-refractivity contribution in [2.45, 2.75) is 30.8 Å². The minimum Gasteiger partial charge on any atom is -0.385 e. The molecule has 0 aromatic carbocycles. The van der Waals surface area contributed by atoms with E-state index in [1.54, 1.807) is 7.11 Å². The molecular formula is C8H17ClOS. The van der Waals surface area contributed by atoms with E-state index < -0.39 is 0 Å². The van der Waals surface area contributed by atoms with Gasteiger partial charge >= 0.3 is 0 Å². The summed E-state index contributed by atoms with van der Waals surface area (Å²) in [5.74, 6) is 0.738. The third kappa shape index (κ3) is 6.98. The maximum atomic E-state index is 5.68. The minimum absolute atomic E-state index is 0.559. The average Bonchev–Trinajstić information content (AvgIpc) is 2.00. The summed E-state index contributed by atoms with van der Waals surface area (Å²) in [4.78, 5) is 0. The highest BCUT2D eigenvalue weighted by Crippen LogP contribution is 2.20. The molecule has 68 valence electrons. The van der Waals surface area contributed by atoms with Crippen LogP contribution in [0.1, 0.15) is 20.3 Å². The summed E-state index contributed by atoms with van der Waals surface area (Å²) in [6.07, 6.45) is 1.11. The molecule has 0 spiro atoms. The molecule has 0 rings (SSSR count). The second-order valence-electron chi connectivity index (χ2n) is 2.69. The van der Waals surface area contributed by atoms with Crippen LogP contribution in [0.5, 0.6) is 0 Å². The smallest absolute Gasteiger partial charge is 0.0472 e. The third-order valence-corrected chi connectivity index (χ3v) is 3.39. The van der Waals surface area contributed by atoms with E-state index in [2.05, 4.69) is 13.8 Å². The normalized spacial score (nSPS) is 16.4. The summed E-state index contributed by atoms with van der Waals surface area (Å²) in [7, 11) is 1.74. The van der Waals surface area contributed by atoms with Gasteiger partial charge in [-0.15, -0.1) is 11.6 Å². The van der Waals surface area contributed by atoms with Gasteiger partial charge in [0, 0.05) is 30.1 Å². The summed E-state index contributed by atoms with van der Waals surface area (Å²) in [6, 6.07) is 0. The van der Waals surface area contributed by atoms with Gasteiger partial charge in [0.25, 0.3) is 0 Å². The molecule has 0 aromatic rings. The second kappa shape index (κ2) is 7.26. The van der Waals surface area contributed by atoms with Crippen LogP contribution in [-0.4, -0.2) is 30.1 Å². The first-order valence-electron chi connectivity index (χ1n) is 3.91. The van der Waals surface area contributed by atoms with E-state index in [4.69, 9.17) is 16.3 Å². The molecule has 0 aliphatic rings. The molecule has 0 aliphatic heterocycles. The maximum absolute atomic E-state index is 5.68. The number of ether oxygens (including phenoxy) is 1. The monoisotopic (exact) mass is 196 g/mol. The lowest BCUT2D eigenvalue weighted by Crippen LogP contribution is -2.08. The number of rotatable bonds is 6. The van der Waals surface area contributed by atoms with Gasteiger partial charge in [0.2, 0.25) is 0 Å². The van der Waals surface area contributed by atoms with Crippen molar-refractivity contribution in [3.05, 3.63) is 0 Å². The molecule has 0 bridgehead atoms. The molecule has 0 heterocycles. The van der Waals surface area contributed by atoms with Gasteiger partial charge < -0.3 is 4.74 Å². The Morgan fingerprint density at radius 1 is 1.36 bits per heavy atom. The molecule has 0 radical (unpaired) electrons. The van der Waals surface area contributed by atoms with E-state index in [0.29, 0.717) is 10.5 Å².